The van der Waals surface area contributed by atoms with E-state index in [1.54, 1.807) is 12.1 Å². The van der Waals surface area contributed by atoms with Crippen LogP contribution in [0.5, 0.6) is 0 Å². The molecular weight excluding hydrogens is 498 g/mol. The first-order valence-corrected chi connectivity index (χ1v) is 14.8. The van der Waals surface area contributed by atoms with Gasteiger partial charge in [0.25, 0.3) is 0 Å². The number of aromatic nitrogens is 3. The lowest BCUT2D eigenvalue weighted by Gasteiger charge is -2.39. The topological polar surface area (TPSA) is 118 Å². The summed E-state index contributed by atoms with van der Waals surface area (Å²) in [6.45, 7) is 5.02. The van der Waals surface area contributed by atoms with Crippen molar-refractivity contribution in [3.63, 3.8) is 0 Å². The Bertz CT molecular complexity index is 1370. The number of benzene rings is 1. The lowest BCUT2D eigenvalue weighted by Crippen LogP contribution is -2.44. The molecule has 36 heavy (non-hydrogen) atoms. The molecule has 0 bridgehead atoms. The fourth-order valence-corrected chi connectivity index (χ4v) is 6.16. The zero-order chi connectivity index (χ0) is 25.6. The fourth-order valence-electron chi connectivity index (χ4n) is 5.40. The molecule has 2 fully saturated rings. The molecule has 0 spiro atoms. The van der Waals surface area contributed by atoms with Crippen LogP contribution in [0.25, 0.3) is 5.65 Å². The number of nitrogens with two attached hydrogens (primary N) is 1. The standard InChI is InChI=1S/C25H34ClN7O2S/c1-15-14-33-24(29-25(15)28-19-11-18(27)12-19)13-22(30-33)23-6-4-5-9-32(23)16(2)20-10-17(26)7-8-21(20)31-36(3,34)35/h7-8,10,13-14,16,18-19,23,31H,4-6,9,11-12,27H2,1-3H3,(H,28,29)/t16?,18?,19?,23-/m0/s1. The van der Waals surface area contributed by atoms with Crippen LogP contribution in [0.3, 0.4) is 0 Å². The summed E-state index contributed by atoms with van der Waals surface area (Å²) in [5.74, 6) is 0.884. The summed E-state index contributed by atoms with van der Waals surface area (Å²) < 4.78 is 28.5. The van der Waals surface area contributed by atoms with Crippen molar-refractivity contribution in [2.75, 3.05) is 22.8 Å². The van der Waals surface area contributed by atoms with Crippen molar-refractivity contribution in [2.24, 2.45) is 5.73 Å². The number of piperidine rings is 1. The Kier molecular flexibility index (Phi) is 6.88. The van der Waals surface area contributed by atoms with Crippen LogP contribution in [-0.2, 0) is 10.0 Å². The van der Waals surface area contributed by atoms with Gasteiger partial charge in [-0.3, -0.25) is 9.62 Å². The smallest absolute Gasteiger partial charge is 0.229 e. The van der Waals surface area contributed by atoms with Crippen LogP contribution in [0.4, 0.5) is 11.5 Å². The van der Waals surface area contributed by atoms with Crippen molar-refractivity contribution < 1.29 is 8.42 Å². The molecule has 3 heterocycles. The van der Waals surface area contributed by atoms with E-state index in [9.17, 15) is 8.42 Å². The van der Waals surface area contributed by atoms with E-state index in [2.05, 4.69) is 27.9 Å². The SMILES string of the molecule is Cc1cn2nc([C@@H]3CCCCN3C(C)c3cc(Cl)ccc3NS(C)(=O)=O)cc2nc1NC1CC(N)C1. The molecule has 5 rings (SSSR count). The van der Waals surface area contributed by atoms with Crippen molar-refractivity contribution in [2.45, 2.75) is 70.1 Å². The summed E-state index contributed by atoms with van der Waals surface area (Å²) in [6, 6.07) is 8.02. The normalized spacial score (nSPS) is 23.9. The van der Waals surface area contributed by atoms with Gasteiger partial charge in [-0.05, 0) is 69.8 Å². The van der Waals surface area contributed by atoms with Crippen LogP contribution in [-0.4, -0.2) is 52.8 Å². The number of rotatable bonds is 7. The summed E-state index contributed by atoms with van der Waals surface area (Å²) in [4.78, 5) is 7.26. The highest BCUT2D eigenvalue weighted by Crippen LogP contribution is 2.40. The lowest BCUT2D eigenvalue weighted by atomic mass is 9.87. The monoisotopic (exact) mass is 531 g/mol. The van der Waals surface area contributed by atoms with Gasteiger partial charge in [-0.2, -0.15) is 5.10 Å². The molecule has 3 aromatic rings. The summed E-state index contributed by atoms with van der Waals surface area (Å²) in [5.41, 5.74) is 10.2. The van der Waals surface area contributed by atoms with E-state index in [1.807, 2.05) is 23.7 Å². The van der Waals surface area contributed by atoms with Gasteiger partial charge in [-0.1, -0.05) is 18.0 Å². The van der Waals surface area contributed by atoms with Crippen LogP contribution in [0, 0.1) is 6.92 Å². The first kappa shape index (κ1) is 25.3. The molecule has 2 aliphatic rings. The third-order valence-electron chi connectivity index (χ3n) is 7.31. The maximum Gasteiger partial charge on any atom is 0.229 e. The largest absolute Gasteiger partial charge is 0.367 e. The molecule has 9 nitrogen and oxygen atoms in total. The molecule has 2 aromatic heterocycles. The maximum atomic E-state index is 12.0. The molecule has 1 aliphatic carbocycles. The molecule has 1 aromatic carbocycles. The highest BCUT2D eigenvalue weighted by molar-refractivity contribution is 7.92. The number of halogens is 1. The van der Waals surface area contributed by atoms with Gasteiger partial charge in [-0.25, -0.2) is 17.9 Å². The van der Waals surface area contributed by atoms with Gasteiger partial charge in [0.1, 0.15) is 5.82 Å². The van der Waals surface area contributed by atoms with Crippen molar-refractivity contribution in [3.05, 3.63) is 52.3 Å². The van der Waals surface area contributed by atoms with E-state index in [-0.39, 0.29) is 18.1 Å². The van der Waals surface area contributed by atoms with Crippen LogP contribution >= 0.6 is 11.6 Å². The minimum absolute atomic E-state index is 0.0715. The summed E-state index contributed by atoms with van der Waals surface area (Å²) in [5, 5.41) is 9.02. The Morgan fingerprint density at radius 1 is 1.22 bits per heavy atom. The first-order chi connectivity index (χ1) is 17.1. The van der Waals surface area contributed by atoms with E-state index in [0.717, 1.165) is 73.2 Å². The molecule has 1 saturated heterocycles. The van der Waals surface area contributed by atoms with Gasteiger partial charge < -0.3 is 11.1 Å². The Morgan fingerprint density at radius 3 is 2.72 bits per heavy atom. The van der Waals surface area contributed by atoms with E-state index < -0.39 is 10.0 Å². The van der Waals surface area contributed by atoms with Crippen molar-refractivity contribution >= 4 is 38.8 Å². The predicted molar refractivity (Wildman–Crippen MR) is 144 cm³/mol. The van der Waals surface area contributed by atoms with Crippen LogP contribution < -0.4 is 15.8 Å². The van der Waals surface area contributed by atoms with E-state index >= 15 is 0 Å². The number of hydrogen-bond acceptors (Lipinski definition) is 7. The third kappa shape index (κ3) is 5.32. The second-order valence-corrected chi connectivity index (χ2v) is 12.4. The zero-order valence-corrected chi connectivity index (χ0v) is 22.5. The highest BCUT2D eigenvalue weighted by atomic mass is 35.5. The highest BCUT2D eigenvalue weighted by Gasteiger charge is 2.32. The Balaban J connectivity index is 1.45. The molecule has 0 amide bonds. The van der Waals surface area contributed by atoms with Gasteiger partial charge in [0.2, 0.25) is 10.0 Å². The van der Waals surface area contributed by atoms with Gasteiger partial charge in [-0.15, -0.1) is 0 Å². The first-order valence-electron chi connectivity index (χ1n) is 12.5. The quantitative estimate of drug-likeness (QED) is 0.417. The predicted octanol–water partition coefficient (Wildman–Crippen LogP) is 4.25. The van der Waals surface area contributed by atoms with Crippen LogP contribution in [0.2, 0.25) is 5.02 Å². The average molecular weight is 532 g/mol. The molecule has 2 atom stereocenters. The number of sulfonamides is 1. The lowest BCUT2D eigenvalue weighted by molar-refractivity contribution is 0.100. The molecule has 194 valence electrons. The zero-order valence-electron chi connectivity index (χ0n) is 20.9. The molecule has 1 unspecified atom stereocenters. The molecule has 1 saturated carbocycles. The number of aryl methyl sites for hydroxylation is 1. The summed E-state index contributed by atoms with van der Waals surface area (Å²) >= 11 is 6.33. The number of hydrogen-bond donors (Lipinski definition) is 3. The van der Waals surface area contributed by atoms with Crippen molar-refractivity contribution in [3.8, 4) is 0 Å². The molecular formula is C25H34ClN7O2S. The minimum atomic E-state index is -3.43. The second kappa shape index (κ2) is 9.81. The third-order valence-corrected chi connectivity index (χ3v) is 8.13. The Labute approximate surface area is 217 Å². The second-order valence-electron chi connectivity index (χ2n) is 10.2. The van der Waals surface area contributed by atoms with Gasteiger partial charge in [0.05, 0.1) is 23.7 Å². The van der Waals surface area contributed by atoms with Crippen LogP contribution in [0.15, 0.2) is 30.5 Å². The molecule has 11 heteroatoms. The van der Waals surface area contributed by atoms with Gasteiger partial charge in [0, 0.05) is 41.0 Å². The van der Waals surface area contributed by atoms with E-state index in [4.69, 9.17) is 27.4 Å². The summed E-state index contributed by atoms with van der Waals surface area (Å²) in [6.07, 6.45) is 8.25. The maximum absolute atomic E-state index is 12.0. The molecule has 0 radical (unpaired) electrons. The molecule has 4 N–H and O–H groups in total. The van der Waals surface area contributed by atoms with Gasteiger partial charge >= 0.3 is 0 Å². The fraction of sp³-hybridized carbons (Fsp3) is 0.520. The van der Waals surface area contributed by atoms with Crippen molar-refractivity contribution in [1.82, 2.24) is 19.5 Å². The number of nitrogens with zero attached hydrogens (tertiary/aromatic N) is 4. The number of fused-ring (bicyclic) bond motifs is 1. The van der Waals surface area contributed by atoms with Gasteiger partial charge in [0.15, 0.2) is 5.65 Å². The van der Waals surface area contributed by atoms with E-state index in [1.165, 1.54) is 0 Å². The summed E-state index contributed by atoms with van der Waals surface area (Å²) in [7, 11) is -3.43. The van der Waals surface area contributed by atoms with Crippen LogP contribution in [0.1, 0.15) is 67.9 Å². The molecule has 1 aliphatic heterocycles. The number of nitrogens with one attached hydrogen (secondary N) is 2. The van der Waals surface area contributed by atoms with E-state index in [0.29, 0.717) is 16.8 Å². The average Bonchev–Trinajstić information content (AvgIpc) is 3.20. The Hall–Kier alpha value is -2.40. The minimum Gasteiger partial charge on any atom is -0.367 e. The number of anilines is 2. The Morgan fingerprint density at radius 2 is 2.00 bits per heavy atom. The number of likely N-dealkylation sites (tertiary alicyclic amines) is 1. The van der Waals surface area contributed by atoms with Crippen molar-refractivity contribution in [1.29, 1.82) is 0 Å².